The van der Waals surface area contributed by atoms with E-state index in [-0.39, 0.29) is 0 Å². The quantitative estimate of drug-likeness (QED) is 0.608. The Bertz CT molecular complexity index is 305. The molecular weight excluding hydrogens is 208 g/mol. The predicted molar refractivity (Wildman–Crippen MR) is 44.2 cm³/mol. The minimum absolute atomic E-state index is 0.371. The number of H-pyrrole nitrogens is 1. The molecule has 0 amide bonds. The zero-order valence-corrected chi connectivity index (χ0v) is 7.14. The first-order valence-corrected chi connectivity index (χ1v) is 3.61. The van der Waals surface area contributed by atoms with Gasteiger partial charge >= 0.3 is 0 Å². The van der Waals surface area contributed by atoms with Crippen molar-refractivity contribution in [3.05, 3.63) is 16.2 Å². The van der Waals surface area contributed by atoms with Gasteiger partial charge in [0, 0.05) is 0 Å². The number of nitrogen functional groups attached to an aromatic ring is 2. The fraction of sp³-hybridized carbons (Fsp3) is 0. The molecule has 0 unspecified atom stereocenters. The van der Waals surface area contributed by atoms with Crippen molar-refractivity contribution in [1.82, 2.24) is 0 Å². The number of rotatable bonds is 0. The molecule has 0 spiro atoms. The summed E-state index contributed by atoms with van der Waals surface area (Å²) in [7, 11) is 0. The molecule has 1 aromatic rings. The molecule has 5 N–H and O–H groups in total. The summed E-state index contributed by atoms with van der Waals surface area (Å²) >= 11 is 3.12. The van der Waals surface area contributed by atoms with Crippen molar-refractivity contribution >= 4 is 27.4 Å². The Kier molecular flexibility index (Phi) is 1.96. The number of anilines is 2. The van der Waals surface area contributed by atoms with E-state index in [1.807, 2.05) is 6.07 Å². The molecule has 1 aromatic heterocycles. The molecule has 11 heavy (non-hydrogen) atoms. The van der Waals surface area contributed by atoms with Crippen LogP contribution >= 0.6 is 15.9 Å². The highest BCUT2D eigenvalue weighted by Gasteiger charge is 2.08. The maximum Gasteiger partial charge on any atom is 0.273 e. The number of nitriles is 1. The van der Waals surface area contributed by atoms with Gasteiger partial charge in [-0.25, -0.2) is 4.98 Å². The van der Waals surface area contributed by atoms with E-state index in [0.29, 0.717) is 21.7 Å². The van der Waals surface area contributed by atoms with Crippen molar-refractivity contribution in [3.63, 3.8) is 0 Å². The second kappa shape index (κ2) is 2.76. The smallest absolute Gasteiger partial charge is 0.273 e. The van der Waals surface area contributed by atoms with Crippen LogP contribution in [0.3, 0.4) is 0 Å². The summed E-state index contributed by atoms with van der Waals surface area (Å²) in [6.45, 7) is 0. The van der Waals surface area contributed by atoms with Gasteiger partial charge in [0.15, 0.2) is 4.60 Å². The van der Waals surface area contributed by atoms with Crippen LogP contribution in [0.15, 0.2) is 10.7 Å². The van der Waals surface area contributed by atoms with Gasteiger partial charge in [0.2, 0.25) is 0 Å². The first-order valence-electron chi connectivity index (χ1n) is 2.82. The van der Waals surface area contributed by atoms with Crippen LogP contribution in [0.2, 0.25) is 0 Å². The highest BCUT2D eigenvalue weighted by molar-refractivity contribution is 9.10. The Labute approximate surface area is 72.0 Å². The third-order valence-electron chi connectivity index (χ3n) is 1.19. The Morgan fingerprint density at radius 3 is 2.64 bits per heavy atom. The molecule has 0 saturated carbocycles. The normalized spacial score (nSPS) is 9.09. The summed E-state index contributed by atoms with van der Waals surface area (Å²) in [4.78, 5) is 2.72. The van der Waals surface area contributed by atoms with Crippen molar-refractivity contribution in [2.24, 2.45) is 0 Å². The molecule has 0 fully saturated rings. The average Bonchev–Trinajstić information content (AvgIpc) is 1.85. The third-order valence-corrected chi connectivity index (χ3v) is 1.78. The Morgan fingerprint density at radius 1 is 1.55 bits per heavy atom. The van der Waals surface area contributed by atoms with Gasteiger partial charge in [-0.1, -0.05) is 0 Å². The molecule has 4 nitrogen and oxygen atoms in total. The highest BCUT2D eigenvalue weighted by Crippen LogP contribution is 2.17. The van der Waals surface area contributed by atoms with Crippen LogP contribution in [0.4, 0.5) is 11.5 Å². The standard InChI is InChI=1S/C6H5BrN4/c7-6-3(2-8)4(9)1-5(10)11-6/h1H,(H4,9,10,11)/p+1. The second-order valence-corrected chi connectivity index (χ2v) is 2.77. The Hall–Kier alpha value is -1.28. The molecule has 56 valence electrons. The topological polar surface area (TPSA) is 90.0 Å². The third kappa shape index (κ3) is 1.41. The molecule has 1 heterocycles. The molecular formula is C6H6BrN4+. The minimum atomic E-state index is 0.371. The lowest BCUT2D eigenvalue weighted by atomic mass is 10.2. The molecule has 1 rings (SSSR count). The van der Waals surface area contributed by atoms with Crippen molar-refractivity contribution in [1.29, 1.82) is 5.26 Å². The Morgan fingerprint density at radius 2 is 2.18 bits per heavy atom. The van der Waals surface area contributed by atoms with Gasteiger partial charge in [-0.15, -0.1) is 0 Å². The molecule has 0 radical (unpaired) electrons. The molecule has 0 aliphatic carbocycles. The van der Waals surface area contributed by atoms with E-state index in [1.165, 1.54) is 6.07 Å². The van der Waals surface area contributed by atoms with Crippen LogP contribution in [0.5, 0.6) is 0 Å². The molecule has 0 atom stereocenters. The van der Waals surface area contributed by atoms with Crippen LogP contribution in [-0.4, -0.2) is 0 Å². The minimum Gasteiger partial charge on any atom is -0.397 e. The zero-order valence-electron chi connectivity index (χ0n) is 5.56. The summed E-state index contributed by atoms with van der Waals surface area (Å²) < 4.78 is 0.512. The van der Waals surface area contributed by atoms with E-state index in [9.17, 15) is 0 Å². The second-order valence-electron chi connectivity index (χ2n) is 1.98. The first-order chi connectivity index (χ1) is 5.15. The molecule has 0 saturated heterocycles. The van der Waals surface area contributed by atoms with Crippen LogP contribution < -0.4 is 16.5 Å². The van der Waals surface area contributed by atoms with Gasteiger partial charge in [0.1, 0.15) is 11.6 Å². The molecule has 0 bridgehead atoms. The largest absolute Gasteiger partial charge is 0.397 e. The van der Waals surface area contributed by atoms with E-state index >= 15 is 0 Å². The average molecular weight is 214 g/mol. The number of halogens is 1. The summed E-state index contributed by atoms with van der Waals surface area (Å²) in [6, 6.07) is 3.44. The van der Waals surface area contributed by atoms with Gasteiger partial charge in [0.05, 0.1) is 11.8 Å². The zero-order chi connectivity index (χ0) is 8.43. The monoisotopic (exact) mass is 213 g/mol. The fourth-order valence-electron chi connectivity index (χ4n) is 0.705. The molecule has 0 aliphatic rings. The number of hydrogen-bond acceptors (Lipinski definition) is 3. The molecule has 0 aromatic carbocycles. The summed E-state index contributed by atoms with van der Waals surface area (Å²) in [5.41, 5.74) is 11.6. The van der Waals surface area contributed by atoms with Gasteiger partial charge in [-0.3, -0.25) is 5.73 Å². The van der Waals surface area contributed by atoms with Crippen molar-refractivity contribution in [3.8, 4) is 6.07 Å². The summed E-state index contributed by atoms with van der Waals surface area (Å²) in [5, 5.41) is 8.57. The SMILES string of the molecule is N#Cc1c(N)cc(N)[nH+]c1Br. The maximum atomic E-state index is 8.57. The van der Waals surface area contributed by atoms with Crippen LogP contribution in [0, 0.1) is 11.3 Å². The number of hydrogen-bond donors (Lipinski definition) is 2. The lowest BCUT2D eigenvalue weighted by Crippen LogP contribution is -2.14. The van der Waals surface area contributed by atoms with Gasteiger partial charge in [0.25, 0.3) is 5.82 Å². The molecule has 5 heteroatoms. The summed E-state index contributed by atoms with van der Waals surface area (Å²) in [5.74, 6) is 0.424. The first kappa shape index (κ1) is 7.82. The fourth-order valence-corrected chi connectivity index (χ4v) is 1.25. The van der Waals surface area contributed by atoms with Crippen LogP contribution in [0.1, 0.15) is 5.56 Å². The lowest BCUT2D eigenvalue weighted by Gasteiger charge is -1.96. The van der Waals surface area contributed by atoms with Crippen LogP contribution in [0.25, 0.3) is 0 Å². The maximum absolute atomic E-state index is 8.57. The number of nitrogens with one attached hydrogen (secondary N) is 1. The van der Waals surface area contributed by atoms with E-state index in [1.54, 1.807) is 0 Å². The van der Waals surface area contributed by atoms with Gasteiger partial charge in [-0.05, 0) is 15.9 Å². The van der Waals surface area contributed by atoms with Crippen molar-refractivity contribution < 1.29 is 4.98 Å². The van der Waals surface area contributed by atoms with Crippen LogP contribution in [-0.2, 0) is 0 Å². The lowest BCUT2D eigenvalue weighted by molar-refractivity contribution is -0.374. The van der Waals surface area contributed by atoms with E-state index < -0.39 is 0 Å². The van der Waals surface area contributed by atoms with Gasteiger partial charge < -0.3 is 5.73 Å². The number of aromatic amines is 1. The van der Waals surface area contributed by atoms with Crippen molar-refractivity contribution in [2.45, 2.75) is 0 Å². The highest BCUT2D eigenvalue weighted by atomic mass is 79.9. The number of nitrogens with zero attached hydrogens (tertiary/aromatic N) is 1. The predicted octanol–water partition coefficient (Wildman–Crippen LogP) is 0.299. The van der Waals surface area contributed by atoms with E-state index in [0.717, 1.165) is 0 Å². The van der Waals surface area contributed by atoms with Crippen molar-refractivity contribution in [2.75, 3.05) is 11.5 Å². The molecule has 0 aliphatic heterocycles. The summed E-state index contributed by atoms with van der Waals surface area (Å²) in [6.07, 6.45) is 0. The van der Waals surface area contributed by atoms with E-state index in [4.69, 9.17) is 16.7 Å². The number of aromatic nitrogens is 1. The van der Waals surface area contributed by atoms with E-state index in [2.05, 4.69) is 20.9 Å². The number of nitrogens with two attached hydrogens (primary N) is 2. The number of pyridine rings is 1. The van der Waals surface area contributed by atoms with Gasteiger partial charge in [-0.2, -0.15) is 5.26 Å². The Balaban J connectivity index is 3.40.